The van der Waals surface area contributed by atoms with Crippen molar-refractivity contribution in [2.45, 2.75) is 366 Å². The number of hydrogen-bond acceptors (Lipinski definition) is 4. The van der Waals surface area contributed by atoms with Gasteiger partial charge in [0, 0.05) is 0 Å². The first-order valence-electron chi connectivity index (χ1n) is 32.5. The summed E-state index contributed by atoms with van der Waals surface area (Å²) in [4.78, 5) is 12.6. The number of carbonyl (C=O) groups is 1. The van der Waals surface area contributed by atoms with Gasteiger partial charge < -0.3 is 20.6 Å². The van der Waals surface area contributed by atoms with E-state index in [1.54, 1.807) is 6.08 Å². The summed E-state index contributed by atoms with van der Waals surface area (Å²) in [6, 6.07) is -0.816. The molecule has 3 atom stereocenters. The minimum atomic E-state index is -1.11. The molecule has 5 nitrogen and oxygen atoms in total. The van der Waals surface area contributed by atoms with E-state index in [2.05, 4.69) is 55.6 Å². The number of allylic oxidation sites excluding steroid dienone is 7. The van der Waals surface area contributed by atoms with Crippen LogP contribution in [0.5, 0.6) is 0 Å². The topological polar surface area (TPSA) is 89.8 Å². The predicted molar refractivity (Wildman–Crippen MR) is 319 cm³/mol. The van der Waals surface area contributed by atoms with Crippen molar-refractivity contribution in [3.05, 3.63) is 48.6 Å². The second kappa shape index (κ2) is 61.9. The monoisotopic (exact) mass is 1010 g/mol. The maximum Gasteiger partial charge on any atom is 0.249 e. The van der Waals surface area contributed by atoms with E-state index in [1.807, 2.05) is 6.08 Å². The van der Waals surface area contributed by atoms with Crippen molar-refractivity contribution in [3.8, 4) is 0 Å². The first-order valence-corrected chi connectivity index (χ1v) is 32.5. The average Bonchev–Trinajstić information content (AvgIpc) is 3.39. The zero-order valence-corrected chi connectivity index (χ0v) is 48.6. The third-order valence-corrected chi connectivity index (χ3v) is 15.1. The molecule has 0 spiro atoms. The quantitative estimate of drug-likeness (QED) is 0.0361. The third-order valence-electron chi connectivity index (χ3n) is 15.1. The van der Waals surface area contributed by atoms with Gasteiger partial charge in [0.25, 0.3) is 0 Å². The molecular weight excluding hydrogens is 883 g/mol. The molecule has 0 aromatic heterocycles. The largest absolute Gasteiger partial charge is 0.394 e. The van der Waals surface area contributed by atoms with Crippen molar-refractivity contribution in [3.63, 3.8) is 0 Å². The van der Waals surface area contributed by atoms with Crippen molar-refractivity contribution in [2.75, 3.05) is 6.61 Å². The molecular formula is C67H127NO4. The van der Waals surface area contributed by atoms with Crippen molar-refractivity contribution < 1.29 is 20.1 Å². The van der Waals surface area contributed by atoms with E-state index in [-0.39, 0.29) is 6.61 Å². The summed E-state index contributed by atoms with van der Waals surface area (Å²) in [5.74, 6) is -0.509. The van der Waals surface area contributed by atoms with Crippen LogP contribution in [-0.2, 0) is 4.79 Å². The molecule has 1 amide bonds. The van der Waals surface area contributed by atoms with Gasteiger partial charge in [0.15, 0.2) is 0 Å². The molecule has 3 unspecified atom stereocenters. The molecule has 0 saturated heterocycles. The molecule has 0 aliphatic heterocycles. The van der Waals surface area contributed by atoms with Gasteiger partial charge >= 0.3 is 0 Å². The lowest BCUT2D eigenvalue weighted by atomic mass is 10.0. The molecule has 4 N–H and O–H groups in total. The van der Waals surface area contributed by atoms with Crippen LogP contribution in [0, 0.1) is 0 Å². The highest BCUT2D eigenvalue weighted by molar-refractivity contribution is 5.80. The van der Waals surface area contributed by atoms with Crippen molar-refractivity contribution in [1.82, 2.24) is 5.32 Å². The van der Waals surface area contributed by atoms with E-state index >= 15 is 0 Å². The highest BCUT2D eigenvalue weighted by Gasteiger charge is 2.22. The molecule has 0 heterocycles. The molecule has 5 heteroatoms. The first kappa shape index (κ1) is 70.3. The van der Waals surface area contributed by atoms with Gasteiger partial charge in [-0.3, -0.25) is 4.79 Å². The lowest BCUT2D eigenvalue weighted by molar-refractivity contribution is -0.131. The Labute approximate surface area is 450 Å². The second-order valence-corrected chi connectivity index (χ2v) is 22.3. The Hall–Kier alpha value is -1.69. The number of aliphatic hydroxyl groups is 3. The molecule has 0 aliphatic rings. The Morgan fingerprint density at radius 3 is 0.931 bits per heavy atom. The summed E-state index contributed by atoms with van der Waals surface area (Å²) in [5, 5.41) is 33.4. The minimum Gasteiger partial charge on any atom is -0.394 e. The summed E-state index contributed by atoms with van der Waals surface area (Å²) >= 11 is 0. The number of nitrogens with one attached hydrogen (secondary N) is 1. The zero-order valence-electron chi connectivity index (χ0n) is 48.6. The Morgan fingerprint density at radius 2 is 0.611 bits per heavy atom. The van der Waals surface area contributed by atoms with Crippen LogP contribution in [0.15, 0.2) is 48.6 Å². The van der Waals surface area contributed by atoms with E-state index in [1.165, 1.54) is 283 Å². The van der Waals surface area contributed by atoms with Crippen LogP contribution in [0.2, 0.25) is 0 Å². The van der Waals surface area contributed by atoms with Crippen LogP contribution in [0.3, 0.4) is 0 Å². The molecule has 0 aromatic rings. The predicted octanol–water partition coefficient (Wildman–Crippen LogP) is 20.7. The van der Waals surface area contributed by atoms with Crippen LogP contribution in [0.1, 0.15) is 348 Å². The van der Waals surface area contributed by atoms with Gasteiger partial charge in [-0.15, -0.1) is 0 Å². The van der Waals surface area contributed by atoms with E-state index < -0.39 is 24.2 Å². The van der Waals surface area contributed by atoms with Gasteiger partial charge in [-0.2, -0.15) is 0 Å². The Morgan fingerprint density at radius 1 is 0.347 bits per heavy atom. The first-order chi connectivity index (χ1) is 35.6. The van der Waals surface area contributed by atoms with Gasteiger partial charge in [-0.25, -0.2) is 0 Å². The molecule has 0 aliphatic carbocycles. The molecule has 72 heavy (non-hydrogen) atoms. The van der Waals surface area contributed by atoms with Crippen LogP contribution in [-0.4, -0.2) is 46.1 Å². The van der Waals surface area contributed by atoms with Crippen molar-refractivity contribution in [2.24, 2.45) is 0 Å². The number of amides is 1. The van der Waals surface area contributed by atoms with Gasteiger partial charge in [0.2, 0.25) is 5.91 Å². The SMILES string of the molecule is CCCCCCCCCCCCCCC/C=C\C/C=C\CCCCCCCCCCCCCCCCCCC(O)C(=O)NC(CO)C(O)/C=C/CC/C=C/CCCCCCCCCCCCCCCCCC. The van der Waals surface area contributed by atoms with E-state index in [0.717, 1.165) is 44.9 Å². The fourth-order valence-electron chi connectivity index (χ4n) is 10.1. The molecule has 0 bridgehead atoms. The Kier molecular flexibility index (Phi) is 60.4. The summed E-state index contributed by atoms with van der Waals surface area (Å²) in [5.41, 5.74) is 0. The normalized spacial score (nSPS) is 13.5. The lowest BCUT2D eigenvalue weighted by Crippen LogP contribution is -2.48. The van der Waals surface area contributed by atoms with Crippen LogP contribution >= 0.6 is 0 Å². The Balaban J connectivity index is 3.54. The standard InChI is InChI=1S/C67H127NO4/c1-3-5-7-9-11-13-15-17-19-21-23-25-27-28-29-30-31-32-33-34-35-36-37-38-39-40-42-44-46-48-50-52-54-56-58-60-62-66(71)67(72)68-64(63-69)65(70)61-59-57-55-53-51-49-47-45-43-41-26-24-22-20-18-16-14-12-10-8-6-4-2/h29-30,32-33,51,53,59,61,64-66,69-71H,3-28,31,34-50,52,54-58,60,62-63H2,1-2H3,(H,68,72)/b30-29-,33-32-,53-51+,61-59+. The maximum atomic E-state index is 12.6. The van der Waals surface area contributed by atoms with Crippen LogP contribution < -0.4 is 5.32 Å². The number of hydrogen-bond donors (Lipinski definition) is 4. The zero-order chi connectivity index (χ0) is 52.2. The fourth-order valence-corrected chi connectivity index (χ4v) is 10.1. The summed E-state index contributed by atoms with van der Waals surface area (Å²) in [6.45, 7) is 4.21. The third kappa shape index (κ3) is 56.0. The highest BCUT2D eigenvalue weighted by atomic mass is 16.3. The molecule has 0 radical (unpaired) electrons. The smallest absolute Gasteiger partial charge is 0.249 e. The second-order valence-electron chi connectivity index (χ2n) is 22.3. The van der Waals surface area contributed by atoms with Crippen molar-refractivity contribution >= 4 is 5.91 Å². The van der Waals surface area contributed by atoms with Crippen molar-refractivity contribution in [1.29, 1.82) is 0 Å². The van der Waals surface area contributed by atoms with Gasteiger partial charge in [-0.05, 0) is 64.2 Å². The van der Waals surface area contributed by atoms with E-state index in [0.29, 0.717) is 6.42 Å². The van der Waals surface area contributed by atoms with E-state index in [9.17, 15) is 20.1 Å². The molecule has 0 fully saturated rings. The van der Waals surface area contributed by atoms with E-state index in [4.69, 9.17) is 0 Å². The molecule has 0 rings (SSSR count). The summed E-state index contributed by atoms with van der Waals surface area (Å²) in [6.07, 6.45) is 83.8. The molecule has 0 saturated carbocycles. The van der Waals surface area contributed by atoms with Crippen LogP contribution in [0.25, 0.3) is 0 Å². The number of unbranched alkanes of at least 4 members (excludes halogenated alkanes) is 46. The van der Waals surface area contributed by atoms with Gasteiger partial charge in [0.05, 0.1) is 18.8 Å². The lowest BCUT2D eigenvalue weighted by Gasteiger charge is -2.21. The number of aliphatic hydroxyl groups excluding tert-OH is 3. The Bertz CT molecular complexity index is 1160. The summed E-state index contributed by atoms with van der Waals surface area (Å²) in [7, 11) is 0. The highest BCUT2D eigenvalue weighted by Crippen LogP contribution is 2.18. The maximum absolute atomic E-state index is 12.6. The molecule has 0 aromatic carbocycles. The van der Waals surface area contributed by atoms with Gasteiger partial charge in [-0.1, -0.05) is 332 Å². The molecule has 424 valence electrons. The minimum absolute atomic E-state index is 0.375. The number of rotatable bonds is 60. The fraction of sp³-hybridized carbons (Fsp3) is 0.866. The summed E-state index contributed by atoms with van der Waals surface area (Å²) < 4.78 is 0. The number of carbonyl (C=O) groups excluding carboxylic acids is 1. The van der Waals surface area contributed by atoms with Crippen LogP contribution in [0.4, 0.5) is 0 Å². The average molecular weight is 1010 g/mol. The van der Waals surface area contributed by atoms with Gasteiger partial charge in [0.1, 0.15) is 6.10 Å².